The molecular formula is C36H59N3O9S. The van der Waals surface area contributed by atoms with E-state index in [9.17, 15) is 25.2 Å². The van der Waals surface area contributed by atoms with Gasteiger partial charge in [-0.1, -0.05) is 20.8 Å². The molecule has 2 aromatic rings. The van der Waals surface area contributed by atoms with Gasteiger partial charge in [-0.15, -0.1) is 11.3 Å². The minimum absolute atomic E-state index is 0.105. The monoisotopic (exact) mass is 709 g/mol. The van der Waals surface area contributed by atoms with Crippen LogP contribution in [0.25, 0.3) is 10.2 Å². The van der Waals surface area contributed by atoms with Crippen LogP contribution in [0, 0.1) is 17.8 Å². The Hall–Kier alpha value is -1.94. The number of hydrogen-bond donors (Lipinski definition) is 5. The number of fused-ring (bicyclic) bond motifs is 1. The first kappa shape index (κ1) is 39.8. The summed E-state index contributed by atoms with van der Waals surface area (Å²) in [6.07, 6.45) is -5.17. The maximum Gasteiger partial charge on any atom is 0.311 e. The number of aromatic nitrogens is 1. The summed E-state index contributed by atoms with van der Waals surface area (Å²) in [5.41, 5.74) is -0.597. The van der Waals surface area contributed by atoms with Crippen LogP contribution < -0.4 is 10.1 Å². The molecule has 1 aromatic carbocycles. The van der Waals surface area contributed by atoms with Gasteiger partial charge in [0.25, 0.3) is 0 Å². The molecule has 49 heavy (non-hydrogen) atoms. The number of cyclic esters (lactones) is 1. The molecule has 0 amide bonds. The number of ether oxygens (including phenoxy) is 4. The van der Waals surface area contributed by atoms with Crippen LogP contribution in [0.5, 0.6) is 5.75 Å². The van der Waals surface area contributed by atoms with Crippen molar-refractivity contribution in [3.05, 3.63) is 23.7 Å². The highest BCUT2D eigenvalue weighted by atomic mass is 32.1. The van der Waals surface area contributed by atoms with E-state index in [-0.39, 0.29) is 30.9 Å². The highest BCUT2D eigenvalue weighted by Gasteiger charge is 2.50. The van der Waals surface area contributed by atoms with Gasteiger partial charge >= 0.3 is 5.97 Å². The summed E-state index contributed by atoms with van der Waals surface area (Å²) in [6.45, 7) is 14.5. The van der Waals surface area contributed by atoms with Gasteiger partial charge in [0.2, 0.25) is 0 Å². The van der Waals surface area contributed by atoms with Gasteiger partial charge in [0.15, 0.2) is 12.4 Å². The number of carbonyl (C=O) groups excluding carboxylic acids is 1. The zero-order valence-corrected chi connectivity index (χ0v) is 31.5. The number of aliphatic hydroxyl groups excluding tert-OH is 2. The van der Waals surface area contributed by atoms with Crippen molar-refractivity contribution in [2.24, 2.45) is 17.8 Å². The van der Waals surface area contributed by atoms with E-state index in [1.165, 1.54) is 18.3 Å². The molecule has 14 atom stereocenters. The number of benzene rings is 1. The minimum atomic E-state index is -1.76. The summed E-state index contributed by atoms with van der Waals surface area (Å²) >= 11 is 1.52. The molecule has 2 saturated heterocycles. The SMILES string of the molecule is CC[C@H]1OC(=O)[C@H](C)[C@@H](O)[C@H](C)[C@@H](O[C@@H]2O[C@H](C)C[C@H](NC)[C@H]2Oc2ccc3ncsc3c2)[C@](C)(O)C[C@@H](C)CN(C)[C@H](C)[C@@H](O)[C@]1(C)O. The first-order valence-electron chi connectivity index (χ1n) is 17.6. The Kier molecular flexibility index (Phi) is 13.1. The zero-order valence-electron chi connectivity index (χ0n) is 30.7. The Morgan fingerprint density at radius 1 is 1.14 bits per heavy atom. The van der Waals surface area contributed by atoms with E-state index >= 15 is 0 Å². The van der Waals surface area contributed by atoms with E-state index in [2.05, 4.69) is 10.3 Å². The van der Waals surface area contributed by atoms with E-state index in [1.807, 2.05) is 58.0 Å². The van der Waals surface area contributed by atoms with E-state index in [0.717, 1.165) is 10.2 Å². The molecule has 0 spiro atoms. The molecule has 2 aliphatic heterocycles. The van der Waals surface area contributed by atoms with Gasteiger partial charge in [0, 0.05) is 18.5 Å². The summed E-state index contributed by atoms with van der Waals surface area (Å²) in [6, 6.07) is 5.03. The van der Waals surface area contributed by atoms with Crippen molar-refractivity contribution >= 4 is 27.5 Å². The molecule has 2 fully saturated rings. The maximum absolute atomic E-state index is 13.5. The van der Waals surface area contributed by atoms with E-state index < -0.39 is 71.9 Å². The summed E-state index contributed by atoms with van der Waals surface area (Å²) in [5.74, 6) is -2.02. The third-order valence-corrected chi connectivity index (χ3v) is 11.5. The Morgan fingerprint density at radius 2 is 1.84 bits per heavy atom. The van der Waals surface area contributed by atoms with Crippen LogP contribution in [-0.4, -0.2) is 123 Å². The molecule has 1 aromatic heterocycles. The number of aliphatic hydroxyl groups is 4. The largest absolute Gasteiger partial charge is 0.483 e. The number of esters is 1. The topological polar surface area (TPSA) is 163 Å². The Bertz CT molecular complexity index is 1370. The third-order valence-electron chi connectivity index (χ3n) is 10.8. The second-order valence-electron chi connectivity index (χ2n) is 15.1. The van der Waals surface area contributed by atoms with Crippen LogP contribution in [0.1, 0.15) is 74.7 Å². The Labute approximate surface area is 295 Å². The predicted octanol–water partition coefficient (Wildman–Crippen LogP) is 3.33. The molecule has 2 aliphatic rings. The van der Waals surface area contributed by atoms with Gasteiger partial charge in [-0.3, -0.25) is 4.79 Å². The molecular weight excluding hydrogens is 650 g/mol. The quantitative estimate of drug-likeness (QED) is 0.279. The number of nitrogens with zero attached hydrogens (tertiary/aromatic N) is 2. The van der Waals surface area contributed by atoms with Gasteiger partial charge in [-0.05, 0) is 92.1 Å². The van der Waals surface area contributed by atoms with Crippen molar-refractivity contribution in [2.75, 3.05) is 20.6 Å². The molecule has 5 N–H and O–H groups in total. The van der Waals surface area contributed by atoms with Crippen LogP contribution in [0.15, 0.2) is 23.7 Å². The number of thiazole rings is 1. The lowest BCUT2D eigenvalue weighted by Crippen LogP contribution is -2.60. The molecule has 278 valence electrons. The second-order valence-corrected chi connectivity index (χ2v) is 15.9. The lowest BCUT2D eigenvalue weighted by molar-refractivity contribution is -0.290. The Morgan fingerprint density at radius 3 is 2.49 bits per heavy atom. The average molecular weight is 710 g/mol. The smallest absolute Gasteiger partial charge is 0.311 e. The van der Waals surface area contributed by atoms with Crippen LogP contribution in [-0.2, 0) is 19.0 Å². The van der Waals surface area contributed by atoms with Gasteiger partial charge in [-0.25, -0.2) is 4.98 Å². The second kappa shape index (κ2) is 16.2. The molecule has 4 rings (SSSR count). The van der Waals surface area contributed by atoms with E-state index in [4.69, 9.17) is 18.9 Å². The van der Waals surface area contributed by atoms with Crippen molar-refractivity contribution in [1.82, 2.24) is 15.2 Å². The van der Waals surface area contributed by atoms with Gasteiger partial charge < -0.3 is 49.6 Å². The lowest BCUT2D eigenvalue weighted by atomic mass is 9.78. The average Bonchev–Trinajstić information content (AvgIpc) is 3.52. The minimum Gasteiger partial charge on any atom is -0.483 e. The van der Waals surface area contributed by atoms with Crippen molar-refractivity contribution in [1.29, 1.82) is 0 Å². The molecule has 0 unspecified atom stereocenters. The van der Waals surface area contributed by atoms with Crippen molar-refractivity contribution < 1.29 is 44.2 Å². The molecule has 13 heteroatoms. The highest BCUT2D eigenvalue weighted by molar-refractivity contribution is 7.16. The molecule has 0 radical (unpaired) electrons. The summed E-state index contributed by atoms with van der Waals surface area (Å²) in [5, 5.41) is 50.2. The number of carbonyl (C=O) groups is 1. The molecule has 0 bridgehead atoms. The van der Waals surface area contributed by atoms with Gasteiger partial charge in [0.05, 0.1) is 51.6 Å². The fourth-order valence-electron chi connectivity index (χ4n) is 7.72. The molecule has 0 aliphatic carbocycles. The van der Waals surface area contributed by atoms with E-state index in [0.29, 0.717) is 18.7 Å². The summed E-state index contributed by atoms with van der Waals surface area (Å²) in [7, 11) is 3.71. The van der Waals surface area contributed by atoms with Gasteiger partial charge in [0.1, 0.15) is 23.6 Å². The van der Waals surface area contributed by atoms with Crippen molar-refractivity contribution in [3.8, 4) is 5.75 Å². The Balaban J connectivity index is 1.71. The van der Waals surface area contributed by atoms with Crippen LogP contribution in [0.4, 0.5) is 0 Å². The summed E-state index contributed by atoms with van der Waals surface area (Å²) in [4.78, 5) is 19.8. The van der Waals surface area contributed by atoms with Gasteiger partial charge in [-0.2, -0.15) is 0 Å². The zero-order chi connectivity index (χ0) is 36.4. The standard InChI is InChI=1S/C36H59N3O9S/c1-11-28-36(8,44)31(41)23(6)39(10)17-19(2)16-35(7,43)32(21(4)29(40)22(5)33(42)47-28)48-34-30(26(37-9)14-20(3)45-34)46-24-12-13-25-27(15-24)49-18-38-25/h12-13,15,18-23,26,28-32,34,37,40-41,43-44H,11,14,16-17H2,1-10H3/t19-,20-,21+,22-,23-,26+,28-,29+,30-,31-,32-,34+,35-,36-/m1/s1. The molecule has 12 nitrogen and oxygen atoms in total. The van der Waals surface area contributed by atoms with E-state index in [1.54, 1.807) is 33.2 Å². The first-order chi connectivity index (χ1) is 22.9. The fraction of sp³-hybridized carbons (Fsp3) is 0.778. The number of rotatable bonds is 6. The van der Waals surface area contributed by atoms with Crippen LogP contribution in [0.2, 0.25) is 0 Å². The fourth-order valence-corrected chi connectivity index (χ4v) is 8.43. The van der Waals surface area contributed by atoms with Crippen LogP contribution in [0.3, 0.4) is 0 Å². The third kappa shape index (κ3) is 8.93. The highest BCUT2D eigenvalue weighted by Crippen LogP contribution is 2.37. The number of likely N-dealkylation sites (N-methyl/N-ethyl adjacent to an activating group) is 2. The molecule has 0 saturated carbocycles. The number of nitrogens with one attached hydrogen (secondary N) is 1. The first-order valence-corrected chi connectivity index (χ1v) is 18.5. The van der Waals surface area contributed by atoms with Crippen molar-refractivity contribution in [3.63, 3.8) is 0 Å². The van der Waals surface area contributed by atoms with Crippen LogP contribution >= 0.6 is 11.3 Å². The normalized spacial score (nSPS) is 42.3. The maximum atomic E-state index is 13.5. The molecule has 3 heterocycles. The van der Waals surface area contributed by atoms with Crippen molar-refractivity contribution in [2.45, 2.75) is 141 Å². The predicted molar refractivity (Wildman–Crippen MR) is 188 cm³/mol. The summed E-state index contributed by atoms with van der Waals surface area (Å²) < 4.78 is 26.6. The number of hydrogen-bond acceptors (Lipinski definition) is 13. The lowest BCUT2D eigenvalue weighted by Gasteiger charge is -2.46.